The fourth-order valence-corrected chi connectivity index (χ4v) is 2.67. The van der Waals surface area contributed by atoms with Gasteiger partial charge in [0.1, 0.15) is 10.8 Å². The zero-order valence-corrected chi connectivity index (χ0v) is 10.8. The molecule has 0 radical (unpaired) electrons. The summed E-state index contributed by atoms with van der Waals surface area (Å²) < 4.78 is 13.8. The van der Waals surface area contributed by atoms with E-state index in [4.69, 9.17) is 5.73 Å². The molecule has 0 fully saturated rings. The first-order valence-corrected chi connectivity index (χ1v) is 6.49. The number of hydrogen-bond acceptors (Lipinski definition) is 4. The quantitative estimate of drug-likeness (QED) is 0.862. The third-order valence-electron chi connectivity index (χ3n) is 2.48. The van der Waals surface area contributed by atoms with Gasteiger partial charge in [-0.15, -0.1) is 0 Å². The summed E-state index contributed by atoms with van der Waals surface area (Å²) in [6.45, 7) is 1.86. The topological polar surface area (TPSA) is 51.8 Å². The van der Waals surface area contributed by atoms with Gasteiger partial charge in [0.25, 0.3) is 0 Å². The first kappa shape index (κ1) is 13.0. The van der Waals surface area contributed by atoms with Crippen LogP contribution in [-0.4, -0.2) is 16.0 Å². The van der Waals surface area contributed by atoms with Crippen molar-refractivity contribution in [3.63, 3.8) is 0 Å². The second kappa shape index (κ2) is 5.93. The van der Waals surface area contributed by atoms with Crippen molar-refractivity contribution in [1.29, 1.82) is 0 Å². The van der Waals surface area contributed by atoms with Crippen molar-refractivity contribution in [2.45, 2.75) is 23.2 Å². The summed E-state index contributed by atoms with van der Waals surface area (Å²) in [5.41, 5.74) is 6.55. The molecule has 0 amide bonds. The van der Waals surface area contributed by atoms with Crippen molar-refractivity contribution in [3.8, 4) is 0 Å². The van der Waals surface area contributed by atoms with Crippen molar-refractivity contribution in [2.24, 2.45) is 5.73 Å². The number of hydrogen-bond donors (Lipinski definition) is 1. The molecular weight excluding hydrogens is 249 g/mol. The van der Waals surface area contributed by atoms with E-state index in [0.29, 0.717) is 5.56 Å². The number of aromatic nitrogens is 2. The number of nitrogens with zero attached hydrogens (tertiary/aromatic N) is 2. The summed E-state index contributed by atoms with van der Waals surface area (Å²) in [5, 5.41) is 0.561. The molecule has 2 atom stereocenters. The summed E-state index contributed by atoms with van der Waals surface area (Å²) in [5.74, 6) is -0.240. The third-order valence-corrected chi connectivity index (χ3v) is 3.87. The molecule has 0 saturated heterocycles. The third kappa shape index (κ3) is 3.05. The van der Waals surface area contributed by atoms with Crippen LogP contribution in [-0.2, 0) is 0 Å². The first-order chi connectivity index (χ1) is 8.68. The maximum Gasteiger partial charge on any atom is 0.127 e. The van der Waals surface area contributed by atoms with E-state index >= 15 is 0 Å². The summed E-state index contributed by atoms with van der Waals surface area (Å²) in [6.07, 6.45) is 4.87. The molecule has 0 aliphatic rings. The Balaban J connectivity index is 2.27. The van der Waals surface area contributed by atoms with E-state index in [1.807, 2.05) is 13.0 Å². The van der Waals surface area contributed by atoms with Gasteiger partial charge in [0, 0.05) is 24.0 Å². The lowest BCUT2D eigenvalue weighted by molar-refractivity contribution is 0.592. The zero-order chi connectivity index (χ0) is 13.0. The highest BCUT2D eigenvalue weighted by Crippen LogP contribution is 2.36. The molecule has 2 rings (SSSR count). The van der Waals surface area contributed by atoms with Crippen molar-refractivity contribution in [2.75, 3.05) is 0 Å². The minimum absolute atomic E-state index is 0.178. The maximum atomic E-state index is 13.8. The smallest absolute Gasteiger partial charge is 0.127 e. The lowest BCUT2D eigenvalue weighted by Crippen LogP contribution is -2.23. The molecule has 2 aromatic rings. The minimum atomic E-state index is -0.240. The fourth-order valence-electron chi connectivity index (χ4n) is 1.64. The highest BCUT2D eigenvalue weighted by Gasteiger charge is 2.21. The van der Waals surface area contributed by atoms with E-state index in [9.17, 15) is 4.39 Å². The highest BCUT2D eigenvalue weighted by atomic mass is 32.2. The molecule has 0 bridgehead atoms. The molecular formula is C13H14FN3S. The van der Waals surface area contributed by atoms with Crippen LogP contribution in [0.2, 0.25) is 0 Å². The molecule has 18 heavy (non-hydrogen) atoms. The number of halogens is 1. The van der Waals surface area contributed by atoms with Crippen LogP contribution in [0.15, 0.2) is 47.9 Å². The van der Waals surface area contributed by atoms with Crippen LogP contribution in [0.4, 0.5) is 4.39 Å². The fraction of sp³-hybridized carbons (Fsp3) is 0.231. The second-order valence-corrected chi connectivity index (χ2v) is 5.12. The number of nitrogens with two attached hydrogens (primary N) is 1. The van der Waals surface area contributed by atoms with Crippen LogP contribution in [0.25, 0.3) is 0 Å². The average molecular weight is 263 g/mol. The Morgan fingerprint density at radius 3 is 2.67 bits per heavy atom. The van der Waals surface area contributed by atoms with E-state index < -0.39 is 0 Å². The van der Waals surface area contributed by atoms with Gasteiger partial charge in [0.2, 0.25) is 0 Å². The number of benzene rings is 1. The van der Waals surface area contributed by atoms with Gasteiger partial charge in [-0.3, -0.25) is 4.98 Å². The molecule has 94 valence electrons. The van der Waals surface area contributed by atoms with Gasteiger partial charge in [0.15, 0.2) is 0 Å². The average Bonchev–Trinajstić information content (AvgIpc) is 2.38. The van der Waals surface area contributed by atoms with Crippen molar-refractivity contribution in [3.05, 3.63) is 54.2 Å². The Bertz CT molecular complexity index is 505. The highest BCUT2D eigenvalue weighted by molar-refractivity contribution is 7.99. The van der Waals surface area contributed by atoms with Gasteiger partial charge in [-0.25, -0.2) is 9.37 Å². The van der Waals surface area contributed by atoms with Gasteiger partial charge < -0.3 is 5.73 Å². The molecule has 2 N–H and O–H groups in total. The Kier molecular flexibility index (Phi) is 4.28. The lowest BCUT2D eigenvalue weighted by Gasteiger charge is -2.20. The van der Waals surface area contributed by atoms with Crippen molar-refractivity contribution >= 4 is 11.8 Å². The molecule has 1 aromatic carbocycles. The van der Waals surface area contributed by atoms with Gasteiger partial charge in [-0.1, -0.05) is 30.0 Å². The van der Waals surface area contributed by atoms with Crippen LogP contribution >= 0.6 is 11.8 Å². The zero-order valence-electron chi connectivity index (χ0n) is 9.95. The van der Waals surface area contributed by atoms with Gasteiger partial charge in [0.05, 0.1) is 11.4 Å². The first-order valence-electron chi connectivity index (χ1n) is 5.61. The van der Waals surface area contributed by atoms with Crippen LogP contribution in [0.3, 0.4) is 0 Å². The van der Waals surface area contributed by atoms with E-state index in [-0.39, 0.29) is 17.1 Å². The number of thioether (sulfide) groups is 1. The SMILES string of the molecule is CC(N)C(Sc1cnccn1)c1ccccc1F. The van der Waals surface area contributed by atoms with Crippen molar-refractivity contribution in [1.82, 2.24) is 9.97 Å². The van der Waals surface area contributed by atoms with Crippen LogP contribution in [0.5, 0.6) is 0 Å². The van der Waals surface area contributed by atoms with E-state index in [0.717, 1.165) is 5.03 Å². The molecule has 0 spiro atoms. The Hall–Kier alpha value is -1.46. The van der Waals surface area contributed by atoms with Gasteiger partial charge >= 0.3 is 0 Å². The second-order valence-electron chi connectivity index (χ2n) is 3.96. The van der Waals surface area contributed by atoms with Crippen LogP contribution < -0.4 is 5.73 Å². The predicted molar refractivity (Wildman–Crippen MR) is 70.7 cm³/mol. The summed E-state index contributed by atoms with van der Waals surface area (Å²) >= 11 is 1.43. The molecule has 1 heterocycles. The molecule has 1 aromatic heterocycles. The normalized spacial score (nSPS) is 14.2. The standard InChI is InChI=1S/C13H14FN3S/c1-9(15)13(10-4-2-3-5-11(10)14)18-12-8-16-6-7-17-12/h2-9,13H,15H2,1H3. The lowest BCUT2D eigenvalue weighted by atomic mass is 10.1. The molecule has 2 unspecified atom stereocenters. The Morgan fingerprint density at radius 2 is 2.06 bits per heavy atom. The summed E-state index contributed by atoms with van der Waals surface area (Å²) in [7, 11) is 0. The Morgan fingerprint density at radius 1 is 1.28 bits per heavy atom. The van der Waals surface area contributed by atoms with Crippen molar-refractivity contribution < 1.29 is 4.39 Å². The number of rotatable bonds is 4. The molecule has 3 nitrogen and oxygen atoms in total. The largest absolute Gasteiger partial charge is 0.327 e. The molecule has 0 aliphatic heterocycles. The predicted octanol–water partition coefficient (Wildman–Crippen LogP) is 2.80. The van der Waals surface area contributed by atoms with Gasteiger partial charge in [-0.2, -0.15) is 0 Å². The summed E-state index contributed by atoms with van der Waals surface area (Å²) in [4.78, 5) is 8.17. The Labute approximate surface area is 110 Å². The van der Waals surface area contributed by atoms with Crippen LogP contribution in [0, 0.1) is 5.82 Å². The minimum Gasteiger partial charge on any atom is -0.327 e. The maximum absolute atomic E-state index is 13.8. The van der Waals surface area contributed by atoms with E-state index in [2.05, 4.69) is 9.97 Å². The van der Waals surface area contributed by atoms with E-state index in [1.54, 1.807) is 30.7 Å². The van der Waals surface area contributed by atoms with E-state index in [1.165, 1.54) is 17.8 Å². The monoisotopic (exact) mass is 263 g/mol. The summed E-state index contributed by atoms with van der Waals surface area (Å²) in [6, 6.07) is 6.50. The molecule has 5 heteroatoms. The van der Waals surface area contributed by atoms with Gasteiger partial charge in [-0.05, 0) is 13.0 Å². The molecule has 0 saturated carbocycles. The molecule has 0 aliphatic carbocycles. The van der Waals surface area contributed by atoms with Crippen LogP contribution in [0.1, 0.15) is 17.7 Å².